The van der Waals surface area contributed by atoms with Gasteiger partial charge in [0.15, 0.2) is 0 Å². The Morgan fingerprint density at radius 2 is 1.76 bits per heavy atom. The monoisotopic (exact) mass is 467 g/mol. The Kier molecular flexibility index (Phi) is 6.49. The van der Waals surface area contributed by atoms with Crippen molar-refractivity contribution in [3.05, 3.63) is 108 Å². The van der Waals surface area contributed by atoms with E-state index in [1.54, 1.807) is 11.8 Å². The van der Waals surface area contributed by atoms with Crippen LogP contribution in [0.2, 0.25) is 0 Å². The highest BCUT2D eigenvalue weighted by Crippen LogP contribution is 2.27. The van der Waals surface area contributed by atoms with Crippen molar-refractivity contribution >= 4 is 28.6 Å². The first-order valence-electron chi connectivity index (χ1n) is 11.2. The average molecular weight is 468 g/mol. The summed E-state index contributed by atoms with van der Waals surface area (Å²) in [6.45, 7) is 2.51. The lowest BCUT2D eigenvalue weighted by Gasteiger charge is -2.05. The van der Waals surface area contributed by atoms with E-state index in [0.717, 1.165) is 34.7 Å². The fourth-order valence-electron chi connectivity index (χ4n) is 3.87. The molecular weight excluding hydrogens is 442 g/mol. The van der Waals surface area contributed by atoms with Crippen LogP contribution < -0.4 is 5.32 Å². The molecule has 1 amide bonds. The van der Waals surface area contributed by atoms with Crippen molar-refractivity contribution in [1.82, 2.24) is 15.3 Å². The number of carbonyl (C=O) groups is 1. The van der Waals surface area contributed by atoms with Crippen LogP contribution >= 0.6 is 11.8 Å². The fourth-order valence-corrected chi connectivity index (χ4v) is 4.79. The normalized spacial score (nSPS) is 11.1. The van der Waals surface area contributed by atoms with Gasteiger partial charge in [-0.25, -0.2) is 4.98 Å². The van der Waals surface area contributed by atoms with Gasteiger partial charge in [0, 0.05) is 45.4 Å². The van der Waals surface area contributed by atoms with Crippen LogP contribution in [-0.2, 0) is 12.2 Å². The van der Waals surface area contributed by atoms with Gasteiger partial charge in [-0.3, -0.25) is 4.79 Å². The minimum absolute atomic E-state index is 0.0880. The highest BCUT2D eigenvalue weighted by atomic mass is 32.2. The third-order valence-electron chi connectivity index (χ3n) is 5.76. The average Bonchev–Trinajstić information content (AvgIpc) is 3.47. The Balaban J connectivity index is 1.18. The molecule has 0 unspecified atom stereocenters. The molecule has 0 aliphatic carbocycles. The second-order valence-electron chi connectivity index (χ2n) is 8.07. The molecule has 0 radical (unpaired) electrons. The number of H-pyrrole nitrogens is 1. The summed E-state index contributed by atoms with van der Waals surface area (Å²) in [5, 5.41) is 4.21. The predicted molar refractivity (Wildman–Crippen MR) is 137 cm³/mol. The molecule has 6 heteroatoms. The third kappa shape index (κ3) is 4.92. The number of benzene rings is 3. The van der Waals surface area contributed by atoms with Crippen LogP contribution in [0.25, 0.3) is 22.4 Å². The van der Waals surface area contributed by atoms with Gasteiger partial charge in [-0.2, -0.15) is 0 Å². The van der Waals surface area contributed by atoms with Gasteiger partial charge in [-0.1, -0.05) is 36.4 Å². The quantitative estimate of drug-likeness (QED) is 0.259. The van der Waals surface area contributed by atoms with Crippen molar-refractivity contribution in [3.63, 3.8) is 0 Å². The third-order valence-corrected chi connectivity index (χ3v) is 6.78. The number of hydrogen-bond donors (Lipinski definition) is 2. The van der Waals surface area contributed by atoms with Gasteiger partial charge >= 0.3 is 0 Å². The van der Waals surface area contributed by atoms with Crippen molar-refractivity contribution in [2.24, 2.45) is 0 Å². The number of amides is 1. The van der Waals surface area contributed by atoms with E-state index in [-0.39, 0.29) is 5.91 Å². The molecule has 3 aromatic carbocycles. The number of hydrogen-bond acceptors (Lipinski definition) is 4. The summed E-state index contributed by atoms with van der Waals surface area (Å²) in [4.78, 5) is 21.8. The lowest BCUT2D eigenvalue weighted by molar-refractivity contribution is 0.0954. The Morgan fingerprint density at radius 1 is 1.00 bits per heavy atom. The minimum atomic E-state index is -0.0880. The lowest BCUT2D eigenvalue weighted by Crippen LogP contribution is -2.25. The number of aromatic nitrogens is 2. The SMILES string of the molecule is Cc1oc(-c2ccc(C(=O)NCCc3c[nH]c4ccccc34)cc2)nc1CSc1ccccc1. The maximum atomic E-state index is 12.6. The first-order valence-corrected chi connectivity index (χ1v) is 12.2. The number of para-hydroxylation sites is 1. The Labute approximate surface area is 202 Å². The summed E-state index contributed by atoms with van der Waals surface area (Å²) >= 11 is 1.73. The summed E-state index contributed by atoms with van der Waals surface area (Å²) in [5.41, 5.74) is 4.72. The van der Waals surface area contributed by atoms with E-state index in [4.69, 9.17) is 4.42 Å². The van der Waals surface area contributed by atoms with E-state index in [1.807, 2.05) is 67.7 Å². The Bertz CT molecular complexity index is 1400. The second kappa shape index (κ2) is 10.0. The molecular formula is C28H25N3O2S. The van der Waals surface area contributed by atoms with Crippen LogP contribution in [0.1, 0.15) is 27.4 Å². The van der Waals surface area contributed by atoms with E-state index in [9.17, 15) is 4.79 Å². The van der Waals surface area contributed by atoms with E-state index >= 15 is 0 Å². The lowest BCUT2D eigenvalue weighted by atomic mass is 10.1. The molecule has 0 bridgehead atoms. The number of rotatable bonds is 8. The molecule has 0 aliphatic heterocycles. The smallest absolute Gasteiger partial charge is 0.251 e. The number of aryl methyl sites for hydroxylation is 1. The summed E-state index contributed by atoms with van der Waals surface area (Å²) < 4.78 is 5.90. The van der Waals surface area contributed by atoms with Crippen molar-refractivity contribution in [3.8, 4) is 11.5 Å². The molecule has 0 saturated heterocycles. The van der Waals surface area contributed by atoms with Crippen LogP contribution in [0.5, 0.6) is 0 Å². The van der Waals surface area contributed by atoms with E-state index in [2.05, 4.69) is 39.6 Å². The first kappa shape index (κ1) is 22.0. The van der Waals surface area contributed by atoms with Crippen LogP contribution in [0.3, 0.4) is 0 Å². The maximum absolute atomic E-state index is 12.6. The van der Waals surface area contributed by atoms with Crippen molar-refractivity contribution in [1.29, 1.82) is 0 Å². The van der Waals surface area contributed by atoms with Gasteiger partial charge in [-0.05, 0) is 61.4 Å². The molecule has 34 heavy (non-hydrogen) atoms. The van der Waals surface area contributed by atoms with Crippen LogP contribution in [0.4, 0.5) is 0 Å². The topological polar surface area (TPSA) is 70.9 Å². The van der Waals surface area contributed by atoms with Crippen molar-refractivity contribution in [2.75, 3.05) is 6.54 Å². The van der Waals surface area contributed by atoms with Crippen LogP contribution in [0.15, 0.2) is 94.4 Å². The van der Waals surface area contributed by atoms with Crippen LogP contribution in [-0.4, -0.2) is 22.4 Å². The molecule has 0 aliphatic rings. The molecule has 2 aromatic heterocycles. The number of fused-ring (bicyclic) bond motifs is 1. The summed E-state index contributed by atoms with van der Waals surface area (Å²) in [5.74, 6) is 2.05. The van der Waals surface area contributed by atoms with Crippen molar-refractivity contribution in [2.45, 2.75) is 24.0 Å². The number of oxazole rings is 1. The van der Waals surface area contributed by atoms with E-state index in [1.165, 1.54) is 15.8 Å². The molecule has 5 nitrogen and oxygen atoms in total. The number of aromatic amines is 1. The maximum Gasteiger partial charge on any atom is 0.251 e. The first-order chi connectivity index (χ1) is 16.7. The standard InChI is InChI=1S/C28H25N3O2S/c1-19-26(18-34-23-7-3-2-4-8-23)31-28(33-19)21-13-11-20(12-14-21)27(32)29-16-15-22-17-30-25-10-6-5-9-24(22)25/h2-14,17,30H,15-16,18H2,1H3,(H,29,32). The fraction of sp³-hybridized carbons (Fsp3) is 0.143. The highest BCUT2D eigenvalue weighted by molar-refractivity contribution is 7.98. The zero-order valence-electron chi connectivity index (χ0n) is 18.9. The van der Waals surface area contributed by atoms with Crippen LogP contribution in [0, 0.1) is 6.92 Å². The summed E-state index contributed by atoms with van der Waals surface area (Å²) in [7, 11) is 0. The zero-order chi connectivity index (χ0) is 23.3. The van der Waals surface area contributed by atoms with Crippen molar-refractivity contribution < 1.29 is 9.21 Å². The number of carbonyl (C=O) groups excluding carboxylic acids is 1. The Morgan fingerprint density at radius 3 is 2.59 bits per heavy atom. The van der Waals surface area contributed by atoms with E-state index in [0.29, 0.717) is 18.0 Å². The number of nitrogens with one attached hydrogen (secondary N) is 2. The molecule has 170 valence electrons. The minimum Gasteiger partial charge on any atom is -0.441 e. The summed E-state index contributed by atoms with van der Waals surface area (Å²) in [6, 6.07) is 25.8. The summed E-state index contributed by atoms with van der Waals surface area (Å²) in [6.07, 6.45) is 2.78. The Hall–Kier alpha value is -3.77. The molecule has 0 fully saturated rings. The predicted octanol–water partition coefficient (Wildman–Crippen LogP) is 6.40. The molecule has 5 aromatic rings. The van der Waals surface area contributed by atoms with Gasteiger partial charge in [0.1, 0.15) is 5.76 Å². The molecule has 0 saturated carbocycles. The van der Waals surface area contributed by atoms with E-state index < -0.39 is 0 Å². The highest BCUT2D eigenvalue weighted by Gasteiger charge is 2.13. The van der Waals surface area contributed by atoms with Gasteiger partial charge in [0.05, 0.1) is 5.69 Å². The second-order valence-corrected chi connectivity index (χ2v) is 9.12. The number of thioether (sulfide) groups is 1. The molecule has 5 rings (SSSR count). The molecule has 0 spiro atoms. The number of nitrogens with zero attached hydrogens (tertiary/aromatic N) is 1. The molecule has 0 atom stereocenters. The van der Waals surface area contributed by atoms with Gasteiger partial charge in [-0.15, -0.1) is 11.8 Å². The zero-order valence-corrected chi connectivity index (χ0v) is 19.7. The molecule has 2 N–H and O–H groups in total. The van der Waals surface area contributed by atoms with Gasteiger partial charge in [0.25, 0.3) is 5.91 Å². The van der Waals surface area contributed by atoms with Gasteiger partial charge in [0.2, 0.25) is 5.89 Å². The van der Waals surface area contributed by atoms with Gasteiger partial charge < -0.3 is 14.7 Å². The largest absolute Gasteiger partial charge is 0.441 e. The molecule has 2 heterocycles.